The molecule has 1 amide bonds. The SMILES string of the molecule is O=C(OCc1ccccc1)c1ccc(N(Cc2cnc(C3CCCCC3)cn2)C(=O)[C@]2(OCc3ccccc3)CCN2S(=O)(=O)c2c(F)c(F)c(Cl)c(F)c2F)cc1. The first-order chi connectivity index (χ1) is 27.9. The van der Waals surface area contributed by atoms with E-state index in [1.807, 2.05) is 6.07 Å². The van der Waals surface area contributed by atoms with Gasteiger partial charge in [-0.1, -0.05) is 91.5 Å². The van der Waals surface area contributed by atoms with Crippen LogP contribution in [0.1, 0.15) is 77.3 Å². The molecule has 0 spiro atoms. The maximum atomic E-state index is 15.3. The molecule has 0 radical (unpaired) electrons. The van der Waals surface area contributed by atoms with E-state index in [2.05, 4.69) is 9.97 Å². The minimum absolute atomic E-state index is 0.00967. The molecule has 0 unspecified atom stereocenters. The highest BCUT2D eigenvalue weighted by Gasteiger charge is 2.61. The van der Waals surface area contributed by atoms with Gasteiger partial charge in [-0.05, 0) is 48.2 Å². The zero-order valence-corrected chi connectivity index (χ0v) is 32.5. The summed E-state index contributed by atoms with van der Waals surface area (Å²) < 4.78 is 100. The standard InChI is InChI=1S/C42H37ClF4N4O6S/c43-34-35(44)37(46)39(38(47)36(34)45)58(54,55)51-21-20-42(51,57-26-28-12-6-2-7-13-28)41(53)50(24-31-22-49-33(23-48-31)29-14-8-3-9-15-29)32-18-16-30(17-19-32)40(52)56-25-27-10-4-1-5-11-27/h1-2,4-7,10-13,16-19,22-23,29H,3,8-9,14-15,20-21,24-26H2/t42-/m1/s1. The third kappa shape index (κ3) is 8.21. The second-order valence-corrected chi connectivity index (χ2v) is 16.2. The number of esters is 1. The van der Waals surface area contributed by atoms with Gasteiger partial charge in [-0.15, -0.1) is 0 Å². The molecule has 5 aromatic rings. The summed E-state index contributed by atoms with van der Waals surface area (Å²) in [4.78, 5) is 36.5. The Labute approximate surface area is 337 Å². The van der Waals surface area contributed by atoms with Crippen LogP contribution in [0.15, 0.2) is 102 Å². The number of carbonyl (C=O) groups is 2. The summed E-state index contributed by atoms with van der Waals surface area (Å²) >= 11 is 5.41. The van der Waals surface area contributed by atoms with E-state index in [4.69, 9.17) is 21.1 Å². The van der Waals surface area contributed by atoms with Crippen LogP contribution in [0.2, 0.25) is 5.02 Å². The number of nitrogens with zero attached hydrogens (tertiary/aromatic N) is 4. The number of anilines is 1. The van der Waals surface area contributed by atoms with Crippen molar-refractivity contribution in [2.45, 2.75) is 74.8 Å². The van der Waals surface area contributed by atoms with E-state index in [1.165, 1.54) is 30.5 Å². The molecule has 1 aromatic heterocycles. The van der Waals surface area contributed by atoms with Gasteiger partial charge >= 0.3 is 5.97 Å². The molecule has 0 bridgehead atoms. The second-order valence-electron chi connectivity index (χ2n) is 14.1. The molecule has 1 aliphatic carbocycles. The van der Waals surface area contributed by atoms with Gasteiger partial charge in [-0.2, -0.15) is 4.31 Å². The summed E-state index contributed by atoms with van der Waals surface area (Å²) in [6.07, 6.45) is 8.03. The Hall–Kier alpha value is -5.22. The molecule has 302 valence electrons. The average Bonchev–Trinajstić information content (AvgIpc) is 3.24. The van der Waals surface area contributed by atoms with Crippen LogP contribution in [0.5, 0.6) is 0 Å². The van der Waals surface area contributed by atoms with E-state index in [-0.39, 0.29) is 43.3 Å². The van der Waals surface area contributed by atoms with Crippen molar-refractivity contribution in [3.8, 4) is 0 Å². The maximum Gasteiger partial charge on any atom is 0.338 e. The number of rotatable bonds is 13. The molecule has 4 aromatic carbocycles. The summed E-state index contributed by atoms with van der Waals surface area (Å²) in [6, 6.07) is 23.1. The van der Waals surface area contributed by atoms with E-state index >= 15 is 13.6 Å². The van der Waals surface area contributed by atoms with Gasteiger partial charge in [-0.3, -0.25) is 14.8 Å². The van der Waals surface area contributed by atoms with Gasteiger partial charge in [0, 0.05) is 30.8 Å². The Balaban J connectivity index is 1.27. The lowest BCUT2D eigenvalue weighted by atomic mass is 9.87. The summed E-state index contributed by atoms with van der Waals surface area (Å²) in [5, 5.41) is -1.57. The fourth-order valence-electron chi connectivity index (χ4n) is 7.13. The van der Waals surface area contributed by atoms with E-state index in [0.717, 1.165) is 48.3 Å². The van der Waals surface area contributed by atoms with Crippen molar-refractivity contribution in [1.29, 1.82) is 0 Å². The fraction of sp³-hybridized carbons (Fsp3) is 0.286. The van der Waals surface area contributed by atoms with Gasteiger partial charge in [0.05, 0.1) is 36.3 Å². The number of aromatic nitrogens is 2. The van der Waals surface area contributed by atoms with Gasteiger partial charge in [0.15, 0.2) is 28.2 Å². The smallest absolute Gasteiger partial charge is 0.338 e. The minimum Gasteiger partial charge on any atom is -0.457 e. The molecular formula is C42H37ClF4N4O6S. The van der Waals surface area contributed by atoms with Gasteiger partial charge in [0.25, 0.3) is 15.9 Å². The van der Waals surface area contributed by atoms with Crippen LogP contribution in [0, 0.1) is 23.3 Å². The molecule has 2 heterocycles. The minimum atomic E-state index is -5.55. The number of hydrogen-bond acceptors (Lipinski definition) is 8. The zero-order valence-electron chi connectivity index (χ0n) is 30.9. The van der Waals surface area contributed by atoms with E-state index < -0.39 is 67.4 Å². The Morgan fingerprint density at radius 1 is 0.793 bits per heavy atom. The van der Waals surface area contributed by atoms with Gasteiger partial charge < -0.3 is 14.4 Å². The van der Waals surface area contributed by atoms with E-state index in [9.17, 15) is 22.0 Å². The average molecular weight is 837 g/mol. The molecule has 2 fully saturated rings. The van der Waals surface area contributed by atoms with Crippen molar-refractivity contribution >= 4 is 39.2 Å². The second kappa shape index (κ2) is 17.3. The predicted molar refractivity (Wildman–Crippen MR) is 205 cm³/mol. The molecule has 7 rings (SSSR count). The number of halogens is 5. The largest absolute Gasteiger partial charge is 0.457 e. The van der Waals surface area contributed by atoms with Crippen LogP contribution in [0.3, 0.4) is 0 Å². The summed E-state index contributed by atoms with van der Waals surface area (Å²) in [6.45, 7) is -1.17. The van der Waals surface area contributed by atoms with Crippen LogP contribution in [0.25, 0.3) is 0 Å². The third-order valence-electron chi connectivity index (χ3n) is 10.4. The third-order valence-corrected chi connectivity index (χ3v) is 12.6. The monoisotopic (exact) mass is 836 g/mol. The lowest BCUT2D eigenvalue weighted by molar-refractivity contribution is -0.194. The van der Waals surface area contributed by atoms with Gasteiger partial charge in [-0.25, -0.2) is 30.8 Å². The Kier molecular flexibility index (Phi) is 12.2. The number of amides is 1. The molecule has 1 saturated heterocycles. The fourth-order valence-corrected chi connectivity index (χ4v) is 9.09. The van der Waals surface area contributed by atoms with Gasteiger partial charge in [0.2, 0.25) is 5.72 Å². The molecule has 58 heavy (non-hydrogen) atoms. The first-order valence-corrected chi connectivity index (χ1v) is 20.4. The predicted octanol–water partition coefficient (Wildman–Crippen LogP) is 8.63. The Morgan fingerprint density at radius 2 is 1.40 bits per heavy atom. The maximum absolute atomic E-state index is 15.3. The van der Waals surface area contributed by atoms with Crippen molar-refractivity contribution in [1.82, 2.24) is 14.3 Å². The van der Waals surface area contributed by atoms with Crippen LogP contribution in [0.4, 0.5) is 23.2 Å². The molecular weight excluding hydrogens is 800 g/mol. The van der Waals surface area contributed by atoms with Crippen LogP contribution < -0.4 is 4.90 Å². The summed E-state index contributed by atoms with van der Waals surface area (Å²) in [5.41, 5.74) is 0.164. The normalized spacial score (nSPS) is 17.4. The zero-order chi connectivity index (χ0) is 41.0. The quantitative estimate of drug-likeness (QED) is 0.0501. The number of hydrogen-bond donors (Lipinski definition) is 0. The van der Waals surface area contributed by atoms with Crippen LogP contribution in [-0.2, 0) is 44.1 Å². The number of benzene rings is 4. The highest BCUT2D eigenvalue weighted by Crippen LogP contribution is 2.43. The van der Waals surface area contributed by atoms with Crippen molar-refractivity contribution in [3.63, 3.8) is 0 Å². The highest BCUT2D eigenvalue weighted by atomic mass is 35.5. The van der Waals surface area contributed by atoms with E-state index in [0.29, 0.717) is 15.6 Å². The molecule has 1 aliphatic heterocycles. The molecule has 2 aliphatic rings. The highest BCUT2D eigenvalue weighted by molar-refractivity contribution is 7.89. The summed E-state index contributed by atoms with van der Waals surface area (Å²) in [5.74, 6) is -10.2. The molecule has 10 nitrogen and oxygen atoms in total. The molecule has 0 N–H and O–H groups in total. The molecule has 1 saturated carbocycles. The number of ether oxygens (including phenoxy) is 2. The van der Waals surface area contributed by atoms with Crippen molar-refractivity contribution in [2.24, 2.45) is 0 Å². The lowest BCUT2D eigenvalue weighted by Gasteiger charge is -2.50. The first-order valence-electron chi connectivity index (χ1n) is 18.6. The van der Waals surface area contributed by atoms with E-state index in [1.54, 1.807) is 60.8 Å². The van der Waals surface area contributed by atoms with Gasteiger partial charge in [0.1, 0.15) is 11.6 Å². The molecule has 1 atom stereocenters. The van der Waals surface area contributed by atoms with Crippen molar-refractivity contribution < 1.29 is 45.0 Å². The van der Waals surface area contributed by atoms with Crippen LogP contribution >= 0.6 is 11.6 Å². The first kappa shape index (κ1) is 41.0. The van der Waals surface area contributed by atoms with Crippen LogP contribution in [-0.4, -0.2) is 46.8 Å². The summed E-state index contributed by atoms with van der Waals surface area (Å²) in [7, 11) is -5.55. The Bertz CT molecular complexity index is 2360. The lowest BCUT2D eigenvalue weighted by Crippen LogP contribution is -2.70. The number of sulfonamides is 1. The topological polar surface area (TPSA) is 119 Å². The number of carbonyl (C=O) groups excluding carboxylic acids is 2. The van der Waals surface area contributed by atoms with Crippen molar-refractivity contribution in [2.75, 3.05) is 11.4 Å². The molecule has 16 heteroatoms. The Morgan fingerprint density at radius 3 is 1.95 bits per heavy atom. The van der Waals surface area contributed by atoms with Crippen molar-refractivity contribution in [3.05, 3.63) is 154 Å².